The number of para-hydroxylation sites is 1. The van der Waals surface area contributed by atoms with E-state index in [4.69, 9.17) is 0 Å². The number of nitrogens with zero attached hydrogens (tertiary/aromatic N) is 2. The molecule has 1 fully saturated rings. The van der Waals surface area contributed by atoms with Gasteiger partial charge in [-0.2, -0.15) is 0 Å². The summed E-state index contributed by atoms with van der Waals surface area (Å²) in [6, 6.07) is 7.32. The molecule has 2 aromatic rings. The molecule has 0 aliphatic carbocycles. The maximum Gasteiger partial charge on any atom is 0.573 e. The summed E-state index contributed by atoms with van der Waals surface area (Å²) in [4.78, 5) is 4.05. The molecule has 0 unspecified atom stereocenters. The van der Waals surface area contributed by atoms with Crippen LogP contribution in [0.1, 0.15) is 18.4 Å². The second kappa shape index (κ2) is 9.83. The van der Waals surface area contributed by atoms with Gasteiger partial charge in [0.2, 0.25) is 0 Å². The van der Waals surface area contributed by atoms with Gasteiger partial charge in [0.05, 0.1) is 17.6 Å². The molecule has 4 N–H and O–H groups in total. The third-order valence-corrected chi connectivity index (χ3v) is 4.79. The fourth-order valence-corrected chi connectivity index (χ4v) is 3.24. The van der Waals surface area contributed by atoms with Crippen LogP contribution < -0.4 is 25.9 Å². The molecule has 0 saturated carbocycles. The Kier molecular flexibility index (Phi) is 7.19. The summed E-state index contributed by atoms with van der Waals surface area (Å²) < 4.78 is 41.8. The van der Waals surface area contributed by atoms with Gasteiger partial charge in [0.25, 0.3) is 0 Å². The van der Waals surface area contributed by atoms with E-state index >= 15 is 0 Å². The highest BCUT2D eigenvalue weighted by Crippen LogP contribution is 2.29. The Balaban J connectivity index is 1.69. The fraction of sp³-hybridized carbons (Fsp3) is 0.421. The minimum Gasteiger partial charge on any atom is -0.733 e. The van der Waals surface area contributed by atoms with E-state index in [9.17, 15) is 23.6 Å². The maximum absolute atomic E-state index is 12.6. The first-order valence-electron chi connectivity index (χ1n) is 9.50. The molecule has 0 bridgehead atoms. The highest BCUT2D eigenvalue weighted by molar-refractivity contribution is 5.71. The lowest BCUT2D eigenvalue weighted by molar-refractivity contribution is -0.274. The number of hydrogen-bond acceptors (Lipinski definition) is 8. The molecule has 3 rings (SSSR count). The Labute approximate surface area is 171 Å². The lowest BCUT2D eigenvalue weighted by Crippen LogP contribution is -2.31. The minimum atomic E-state index is -4.79. The predicted molar refractivity (Wildman–Crippen MR) is 106 cm³/mol. The zero-order chi connectivity index (χ0) is 21.6. The van der Waals surface area contributed by atoms with E-state index in [1.165, 1.54) is 30.5 Å². The molecule has 30 heavy (non-hydrogen) atoms. The van der Waals surface area contributed by atoms with Crippen molar-refractivity contribution in [2.24, 2.45) is 5.92 Å². The van der Waals surface area contributed by atoms with Gasteiger partial charge in [0.15, 0.2) is 0 Å². The highest BCUT2D eigenvalue weighted by atomic mass is 19.4. The van der Waals surface area contributed by atoms with Crippen molar-refractivity contribution in [1.29, 1.82) is 0 Å². The van der Waals surface area contributed by atoms with Gasteiger partial charge in [-0.05, 0) is 37.9 Å². The summed E-state index contributed by atoms with van der Waals surface area (Å²) >= 11 is 0. The Morgan fingerprint density at radius 3 is 2.67 bits per heavy atom. The fourth-order valence-electron chi connectivity index (χ4n) is 3.24. The van der Waals surface area contributed by atoms with E-state index in [2.05, 4.69) is 25.7 Å². The average Bonchev–Trinajstić information content (AvgIpc) is 2.71. The van der Waals surface area contributed by atoms with Gasteiger partial charge in [0, 0.05) is 24.7 Å². The van der Waals surface area contributed by atoms with Gasteiger partial charge in [-0.15, -0.1) is 13.2 Å². The van der Waals surface area contributed by atoms with Gasteiger partial charge in [-0.25, -0.2) is 4.98 Å². The molecule has 8 nitrogen and oxygen atoms in total. The average molecular weight is 426 g/mol. The van der Waals surface area contributed by atoms with Crippen molar-refractivity contribution < 1.29 is 23.1 Å². The molecular formula is C19H23F3N5O3-. The van der Waals surface area contributed by atoms with Crippen LogP contribution in [0.5, 0.6) is 5.75 Å². The van der Waals surface area contributed by atoms with E-state index in [1.807, 2.05) is 0 Å². The SMILES string of the molecule is [O-]N(O)c1cnc(NCc2ccccc2OC(F)(F)F)cc1NCC1CCNCC1. The number of benzene rings is 1. The summed E-state index contributed by atoms with van der Waals surface area (Å²) in [5, 5.41) is 29.8. The van der Waals surface area contributed by atoms with Crippen LogP contribution in [0.4, 0.5) is 30.4 Å². The van der Waals surface area contributed by atoms with Crippen LogP contribution in [0, 0.1) is 11.1 Å². The Bertz CT molecular complexity index is 829. The summed E-state index contributed by atoms with van der Waals surface area (Å²) in [5.74, 6) is 0.448. The number of ether oxygens (including phenoxy) is 1. The molecule has 0 amide bonds. The zero-order valence-corrected chi connectivity index (χ0v) is 16.1. The van der Waals surface area contributed by atoms with Gasteiger partial charge >= 0.3 is 6.36 Å². The van der Waals surface area contributed by atoms with Crippen molar-refractivity contribution >= 4 is 17.2 Å². The monoisotopic (exact) mass is 426 g/mol. The molecule has 1 aliphatic heterocycles. The first-order valence-corrected chi connectivity index (χ1v) is 9.50. The van der Waals surface area contributed by atoms with Crippen molar-refractivity contribution in [1.82, 2.24) is 10.3 Å². The number of hydrogen-bond donors (Lipinski definition) is 4. The van der Waals surface area contributed by atoms with Crippen LogP contribution in [0.3, 0.4) is 0 Å². The lowest BCUT2D eigenvalue weighted by atomic mass is 9.98. The van der Waals surface area contributed by atoms with Crippen molar-refractivity contribution in [2.75, 3.05) is 35.5 Å². The van der Waals surface area contributed by atoms with Crippen LogP contribution in [-0.4, -0.2) is 36.2 Å². The number of alkyl halides is 3. The Morgan fingerprint density at radius 1 is 1.23 bits per heavy atom. The zero-order valence-electron chi connectivity index (χ0n) is 16.1. The molecule has 0 atom stereocenters. The minimum absolute atomic E-state index is 0.0204. The van der Waals surface area contributed by atoms with E-state index in [0.29, 0.717) is 24.0 Å². The molecule has 1 aromatic carbocycles. The Hall–Kier alpha value is -2.76. The number of rotatable bonds is 8. The van der Waals surface area contributed by atoms with E-state index in [1.54, 1.807) is 6.07 Å². The topological polar surface area (TPSA) is 105 Å². The van der Waals surface area contributed by atoms with Gasteiger partial charge in [-0.3, -0.25) is 5.21 Å². The quantitative estimate of drug-likeness (QED) is 0.474. The van der Waals surface area contributed by atoms with Crippen LogP contribution in [0.15, 0.2) is 36.5 Å². The summed E-state index contributed by atoms with van der Waals surface area (Å²) in [6.45, 7) is 2.49. The van der Waals surface area contributed by atoms with Crippen molar-refractivity contribution in [3.63, 3.8) is 0 Å². The van der Waals surface area contributed by atoms with E-state index < -0.39 is 6.36 Å². The van der Waals surface area contributed by atoms with E-state index in [-0.39, 0.29) is 28.8 Å². The van der Waals surface area contributed by atoms with Gasteiger partial charge < -0.3 is 31.1 Å². The van der Waals surface area contributed by atoms with Crippen LogP contribution >= 0.6 is 0 Å². The molecule has 1 aromatic heterocycles. The third kappa shape index (κ3) is 6.37. The molecular weight excluding hydrogens is 403 g/mol. The summed E-state index contributed by atoms with van der Waals surface area (Å²) in [5.41, 5.74) is 0.621. The second-order valence-electron chi connectivity index (χ2n) is 6.94. The number of pyridine rings is 1. The number of nitrogens with one attached hydrogen (secondary N) is 3. The third-order valence-electron chi connectivity index (χ3n) is 4.79. The lowest BCUT2D eigenvalue weighted by Gasteiger charge is -2.27. The Morgan fingerprint density at radius 2 is 1.97 bits per heavy atom. The first kappa shape index (κ1) is 21.9. The second-order valence-corrected chi connectivity index (χ2v) is 6.94. The predicted octanol–water partition coefficient (Wildman–Crippen LogP) is 3.70. The number of halogens is 3. The van der Waals surface area contributed by atoms with Gasteiger partial charge in [0.1, 0.15) is 11.6 Å². The first-order chi connectivity index (χ1) is 14.3. The van der Waals surface area contributed by atoms with E-state index in [0.717, 1.165) is 25.9 Å². The van der Waals surface area contributed by atoms with Crippen LogP contribution in [0.25, 0.3) is 0 Å². The van der Waals surface area contributed by atoms with Gasteiger partial charge in [-0.1, -0.05) is 18.2 Å². The summed E-state index contributed by atoms with van der Waals surface area (Å²) in [6.07, 6.45) is -1.61. The molecule has 0 spiro atoms. The molecule has 164 valence electrons. The van der Waals surface area contributed by atoms with Crippen molar-refractivity contribution in [2.45, 2.75) is 25.7 Å². The smallest absolute Gasteiger partial charge is 0.573 e. The standard InChI is InChI=1S/C19H23F3N5O3/c20-19(21,22)30-17-4-2-1-3-14(17)11-25-18-9-15(16(12-26-18)27(28)29)24-10-13-5-7-23-8-6-13/h1-4,9,12-13,23,28H,5-8,10-11H2,(H2,24,25,26)/q-1. The highest BCUT2D eigenvalue weighted by Gasteiger charge is 2.31. The van der Waals surface area contributed by atoms with Crippen LogP contribution in [-0.2, 0) is 6.54 Å². The van der Waals surface area contributed by atoms with Crippen molar-refractivity contribution in [3.8, 4) is 5.75 Å². The van der Waals surface area contributed by atoms with Crippen molar-refractivity contribution in [3.05, 3.63) is 47.3 Å². The molecule has 1 aliphatic rings. The number of anilines is 3. The van der Waals surface area contributed by atoms with Crippen LogP contribution in [0.2, 0.25) is 0 Å². The number of piperidine rings is 1. The molecule has 11 heteroatoms. The normalized spacial score (nSPS) is 15.0. The number of aromatic nitrogens is 1. The largest absolute Gasteiger partial charge is 0.733 e. The summed E-state index contributed by atoms with van der Waals surface area (Å²) in [7, 11) is 0. The maximum atomic E-state index is 12.6. The molecule has 1 saturated heterocycles. The molecule has 2 heterocycles. The molecule has 0 radical (unpaired) electrons.